The number of carbonyl (C=O) groups excluding carboxylic acids is 2. The number of nitrogens with zero attached hydrogens (tertiary/aromatic N) is 1. The van der Waals surface area contributed by atoms with Crippen molar-refractivity contribution < 1.29 is 14.3 Å². The molecule has 2 amide bonds. The first-order valence-corrected chi connectivity index (χ1v) is 11.0. The minimum absolute atomic E-state index is 0.0241. The normalized spacial score (nSPS) is 14.4. The molecule has 6 heteroatoms. The first-order chi connectivity index (χ1) is 14.1. The number of nitrogens with one attached hydrogen (secondary N) is 1. The minimum Gasteiger partial charge on any atom is -0.497 e. The molecule has 1 heterocycles. The van der Waals surface area contributed by atoms with Gasteiger partial charge >= 0.3 is 0 Å². The van der Waals surface area contributed by atoms with Crippen LogP contribution in [-0.2, 0) is 9.59 Å². The van der Waals surface area contributed by atoms with E-state index in [9.17, 15) is 9.59 Å². The number of anilines is 1. The van der Waals surface area contributed by atoms with Crippen molar-refractivity contribution in [1.29, 1.82) is 0 Å². The van der Waals surface area contributed by atoms with Gasteiger partial charge in [0.05, 0.1) is 12.9 Å². The monoisotopic (exact) mass is 412 g/mol. The van der Waals surface area contributed by atoms with Crippen molar-refractivity contribution in [2.24, 2.45) is 5.92 Å². The van der Waals surface area contributed by atoms with Crippen molar-refractivity contribution in [3.05, 3.63) is 54.6 Å². The Kier molecular flexibility index (Phi) is 7.99. The van der Waals surface area contributed by atoms with Crippen LogP contribution < -0.4 is 10.1 Å². The molecule has 2 aromatic rings. The number of piperidine rings is 1. The lowest BCUT2D eigenvalue weighted by atomic mass is 9.92. The number of hydrogen-bond acceptors (Lipinski definition) is 4. The fourth-order valence-corrected chi connectivity index (χ4v) is 4.31. The Morgan fingerprint density at radius 3 is 2.59 bits per heavy atom. The van der Waals surface area contributed by atoms with Crippen LogP contribution in [-0.4, -0.2) is 42.7 Å². The average Bonchev–Trinajstić information content (AvgIpc) is 2.77. The Morgan fingerprint density at radius 1 is 1.10 bits per heavy atom. The molecule has 0 unspecified atom stereocenters. The molecule has 1 fully saturated rings. The first kappa shape index (κ1) is 21.2. The van der Waals surface area contributed by atoms with Crippen LogP contribution in [0.2, 0.25) is 0 Å². The molecule has 0 spiro atoms. The van der Waals surface area contributed by atoms with Crippen LogP contribution in [0.4, 0.5) is 5.69 Å². The van der Waals surface area contributed by atoms with E-state index in [1.54, 1.807) is 18.9 Å². The molecular formula is C23H28N2O3S. The minimum atomic E-state index is 0.0241. The van der Waals surface area contributed by atoms with E-state index in [-0.39, 0.29) is 11.8 Å². The van der Waals surface area contributed by atoms with Crippen molar-refractivity contribution in [3.63, 3.8) is 0 Å². The molecule has 0 atom stereocenters. The van der Waals surface area contributed by atoms with Crippen molar-refractivity contribution in [2.45, 2.75) is 30.6 Å². The largest absolute Gasteiger partial charge is 0.497 e. The fourth-order valence-electron chi connectivity index (χ4n) is 3.48. The zero-order chi connectivity index (χ0) is 20.5. The van der Waals surface area contributed by atoms with E-state index in [1.165, 1.54) is 0 Å². The van der Waals surface area contributed by atoms with Crippen LogP contribution in [0, 0.1) is 5.92 Å². The summed E-state index contributed by atoms with van der Waals surface area (Å²) in [6, 6.07) is 17.4. The quantitative estimate of drug-likeness (QED) is 0.651. The van der Waals surface area contributed by atoms with Crippen molar-refractivity contribution in [2.75, 3.05) is 31.3 Å². The van der Waals surface area contributed by atoms with Gasteiger partial charge in [-0.2, -0.15) is 0 Å². The molecule has 29 heavy (non-hydrogen) atoms. The molecule has 1 aliphatic rings. The molecule has 154 valence electrons. The SMILES string of the molecule is COc1cccc(NC(=O)CCC2CCN(C(=O)CSc3ccccc3)CC2)c1. The van der Waals surface area contributed by atoms with E-state index in [0.29, 0.717) is 18.1 Å². The van der Waals surface area contributed by atoms with Crippen LogP contribution in [0.25, 0.3) is 0 Å². The maximum Gasteiger partial charge on any atom is 0.232 e. The standard InChI is InChI=1S/C23H28N2O3S/c1-28-20-7-5-6-19(16-20)24-22(26)11-10-18-12-14-25(15-13-18)23(27)17-29-21-8-3-2-4-9-21/h2-9,16,18H,10-15,17H2,1H3,(H,24,26). The predicted molar refractivity (Wildman–Crippen MR) is 117 cm³/mol. The van der Waals surface area contributed by atoms with E-state index in [4.69, 9.17) is 4.74 Å². The van der Waals surface area contributed by atoms with Gasteiger partial charge in [-0.3, -0.25) is 9.59 Å². The van der Waals surface area contributed by atoms with Gasteiger partial charge in [-0.15, -0.1) is 11.8 Å². The number of carbonyl (C=O) groups is 2. The highest BCUT2D eigenvalue weighted by Gasteiger charge is 2.23. The van der Waals surface area contributed by atoms with Gasteiger partial charge in [0.2, 0.25) is 11.8 Å². The summed E-state index contributed by atoms with van der Waals surface area (Å²) >= 11 is 1.59. The van der Waals surface area contributed by atoms with Crippen molar-refractivity contribution >= 4 is 29.3 Å². The molecule has 5 nitrogen and oxygen atoms in total. The summed E-state index contributed by atoms with van der Waals surface area (Å²) in [5, 5.41) is 2.93. The van der Waals surface area contributed by atoms with Gasteiger partial charge in [0.25, 0.3) is 0 Å². The summed E-state index contributed by atoms with van der Waals surface area (Å²) in [7, 11) is 1.61. The second-order valence-corrected chi connectivity index (χ2v) is 8.29. The van der Waals surface area contributed by atoms with Gasteiger partial charge in [0.15, 0.2) is 0 Å². The number of amides is 2. The third kappa shape index (κ3) is 6.82. The molecular weight excluding hydrogens is 384 g/mol. The van der Waals surface area contributed by atoms with E-state index in [0.717, 1.165) is 48.7 Å². The summed E-state index contributed by atoms with van der Waals surface area (Å²) in [6.07, 6.45) is 3.29. The van der Waals surface area contributed by atoms with Gasteiger partial charge in [0.1, 0.15) is 5.75 Å². The smallest absolute Gasteiger partial charge is 0.232 e. The average molecular weight is 413 g/mol. The van der Waals surface area contributed by atoms with E-state index < -0.39 is 0 Å². The molecule has 0 radical (unpaired) electrons. The lowest BCUT2D eigenvalue weighted by molar-refractivity contribution is -0.130. The number of hydrogen-bond donors (Lipinski definition) is 1. The topological polar surface area (TPSA) is 58.6 Å². The van der Waals surface area contributed by atoms with Gasteiger partial charge in [-0.05, 0) is 49.4 Å². The lowest BCUT2D eigenvalue weighted by Gasteiger charge is -2.32. The Morgan fingerprint density at radius 2 is 1.86 bits per heavy atom. The fraction of sp³-hybridized carbons (Fsp3) is 0.391. The van der Waals surface area contributed by atoms with E-state index in [2.05, 4.69) is 5.32 Å². The summed E-state index contributed by atoms with van der Waals surface area (Å²) in [6.45, 7) is 1.58. The van der Waals surface area contributed by atoms with Crippen LogP contribution in [0.1, 0.15) is 25.7 Å². The van der Waals surface area contributed by atoms with Gasteiger partial charge in [-0.25, -0.2) is 0 Å². The molecule has 0 bridgehead atoms. The molecule has 1 aliphatic heterocycles. The number of methoxy groups -OCH3 is 1. The van der Waals surface area contributed by atoms with E-state index in [1.807, 2.05) is 59.5 Å². The summed E-state index contributed by atoms with van der Waals surface area (Å²) in [5.41, 5.74) is 0.755. The van der Waals surface area contributed by atoms with Gasteiger partial charge in [0, 0.05) is 36.2 Å². The van der Waals surface area contributed by atoms with Gasteiger partial charge < -0.3 is 15.0 Å². The third-order valence-electron chi connectivity index (χ3n) is 5.21. The van der Waals surface area contributed by atoms with Gasteiger partial charge in [-0.1, -0.05) is 24.3 Å². The number of ether oxygens (including phenoxy) is 1. The number of rotatable bonds is 8. The highest BCUT2D eigenvalue weighted by Crippen LogP contribution is 2.24. The van der Waals surface area contributed by atoms with Crippen molar-refractivity contribution in [1.82, 2.24) is 4.90 Å². The van der Waals surface area contributed by atoms with Crippen LogP contribution >= 0.6 is 11.8 Å². The summed E-state index contributed by atoms with van der Waals surface area (Å²) in [4.78, 5) is 27.7. The number of benzene rings is 2. The molecule has 2 aromatic carbocycles. The molecule has 1 saturated heterocycles. The van der Waals surface area contributed by atoms with Crippen LogP contribution in [0.3, 0.4) is 0 Å². The maximum atomic E-state index is 12.4. The highest BCUT2D eigenvalue weighted by molar-refractivity contribution is 8.00. The van der Waals surface area contributed by atoms with Crippen molar-refractivity contribution in [3.8, 4) is 5.75 Å². The second-order valence-electron chi connectivity index (χ2n) is 7.24. The predicted octanol–water partition coefficient (Wildman–Crippen LogP) is 4.44. The zero-order valence-corrected chi connectivity index (χ0v) is 17.6. The lowest BCUT2D eigenvalue weighted by Crippen LogP contribution is -2.39. The number of thioether (sulfide) groups is 1. The number of likely N-dealkylation sites (tertiary alicyclic amines) is 1. The first-order valence-electron chi connectivity index (χ1n) is 10.0. The second kappa shape index (κ2) is 10.9. The maximum absolute atomic E-state index is 12.4. The Hall–Kier alpha value is -2.47. The Balaban J connectivity index is 1.35. The summed E-state index contributed by atoms with van der Waals surface area (Å²) < 4.78 is 5.18. The summed E-state index contributed by atoms with van der Waals surface area (Å²) in [5.74, 6) is 1.93. The molecule has 3 rings (SSSR count). The Labute approximate surface area is 176 Å². The highest BCUT2D eigenvalue weighted by atomic mass is 32.2. The van der Waals surface area contributed by atoms with E-state index >= 15 is 0 Å². The molecule has 0 aliphatic carbocycles. The van der Waals surface area contributed by atoms with Crippen LogP contribution in [0.15, 0.2) is 59.5 Å². The molecule has 0 saturated carbocycles. The molecule has 1 N–H and O–H groups in total. The zero-order valence-electron chi connectivity index (χ0n) is 16.8. The Bertz CT molecular complexity index is 805. The van der Waals surface area contributed by atoms with Crippen LogP contribution in [0.5, 0.6) is 5.75 Å². The molecule has 0 aromatic heterocycles. The third-order valence-corrected chi connectivity index (χ3v) is 6.20.